The van der Waals surface area contributed by atoms with E-state index < -0.39 is 0 Å². The number of nitrogens with zero attached hydrogens (tertiary/aromatic N) is 2. The first-order valence-electron chi connectivity index (χ1n) is 7.98. The molecule has 0 atom stereocenters. The fourth-order valence-corrected chi connectivity index (χ4v) is 4.11. The Hall–Kier alpha value is -1.92. The summed E-state index contributed by atoms with van der Waals surface area (Å²) < 4.78 is 2.38. The van der Waals surface area contributed by atoms with Gasteiger partial charge in [-0.3, -0.25) is 0 Å². The number of fused-ring (bicyclic) bond motifs is 1. The van der Waals surface area contributed by atoms with E-state index in [-0.39, 0.29) is 5.41 Å². The van der Waals surface area contributed by atoms with E-state index in [1.807, 2.05) is 24.3 Å². The van der Waals surface area contributed by atoms with Crippen molar-refractivity contribution in [3.63, 3.8) is 0 Å². The Labute approximate surface area is 143 Å². The third-order valence-electron chi connectivity index (χ3n) is 4.29. The molecule has 2 aromatic carbocycles. The van der Waals surface area contributed by atoms with Gasteiger partial charge in [0.25, 0.3) is 0 Å². The summed E-state index contributed by atoms with van der Waals surface area (Å²) >= 11 is 1.76. The van der Waals surface area contributed by atoms with Crippen LogP contribution in [0.25, 0.3) is 0 Å². The second-order valence-electron chi connectivity index (χ2n) is 7.13. The largest absolute Gasteiger partial charge is 0.312 e. The maximum Gasteiger partial charge on any atom is 0.0991 e. The average Bonchev–Trinajstić information content (AvgIpc) is 2.88. The van der Waals surface area contributed by atoms with Crippen LogP contribution in [0.15, 0.2) is 41.3 Å². The van der Waals surface area contributed by atoms with E-state index >= 15 is 0 Å². The molecule has 0 saturated heterocycles. The van der Waals surface area contributed by atoms with E-state index in [0.29, 0.717) is 5.56 Å². The van der Waals surface area contributed by atoms with Crippen molar-refractivity contribution in [1.29, 1.82) is 5.26 Å². The van der Waals surface area contributed by atoms with Crippen LogP contribution in [0.3, 0.4) is 0 Å². The zero-order chi connectivity index (χ0) is 16.6. The molecule has 0 radical (unpaired) electrons. The highest BCUT2D eigenvalue weighted by molar-refractivity contribution is 8.00. The molecule has 3 rings (SSSR count). The Morgan fingerprint density at radius 3 is 2.43 bits per heavy atom. The van der Waals surface area contributed by atoms with Crippen molar-refractivity contribution in [2.24, 2.45) is 0 Å². The molecule has 2 aromatic rings. The number of hydrogen-bond donors (Lipinski definition) is 0. The van der Waals surface area contributed by atoms with Gasteiger partial charge in [-0.2, -0.15) is 5.26 Å². The van der Waals surface area contributed by atoms with Gasteiger partial charge >= 0.3 is 0 Å². The van der Waals surface area contributed by atoms with Gasteiger partial charge in [0.15, 0.2) is 0 Å². The van der Waals surface area contributed by atoms with Gasteiger partial charge in [-0.05, 0) is 77.7 Å². The highest BCUT2D eigenvalue weighted by atomic mass is 32.2. The van der Waals surface area contributed by atoms with Crippen LogP contribution in [0.5, 0.6) is 0 Å². The average molecular weight is 322 g/mol. The van der Waals surface area contributed by atoms with Gasteiger partial charge in [0.1, 0.15) is 0 Å². The number of nitriles is 1. The minimum Gasteiger partial charge on any atom is -0.312 e. The SMILES string of the molecule is Cc1cc2c(cc1C(C)(C)C)N(Sc1ccc(C#N)cc1)CC2. The minimum atomic E-state index is 0.159. The summed E-state index contributed by atoms with van der Waals surface area (Å²) in [5.74, 6) is 0. The van der Waals surface area contributed by atoms with Crippen molar-refractivity contribution in [2.75, 3.05) is 10.8 Å². The van der Waals surface area contributed by atoms with E-state index in [2.05, 4.69) is 50.2 Å². The molecule has 0 aliphatic carbocycles. The summed E-state index contributed by atoms with van der Waals surface area (Å²) in [6.45, 7) is 10.1. The van der Waals surface area contributed by atoms with Crippen molar-refractivity contribution in [3.8, 4) is 6.07 Å². The molecule has 1 aliphatic heterocycles. The molecule has 23 heavy (non-hydrogen) atoms. The van der Waals surface area contributed by atoms with Crippen LogP contribution in [-0.4, -0.2) is 6.54 Å². The Morgan fingerprint density at radius 1 is 1.13 bits per heavy atom. The van der Waals surface area contributed by atoms with Crippen molar-refractivity contribution in [2.45, 2.75) is 44.4 Å². The second-order valence-corrected chi connectivity index (χ2v) is 8.22. The van der Waals surface area contributed by atoms with E-state index in [1.165, 1.54) is 27.3 Å². The monoisotopic (exact) mass is 322 g/mol. The van der Waals surface area contributed by atoms with E-state index in [0.717, 1.165) is 13.0 Å². The summed E-state index contributed by atoms with van der Waals surface area (Å²) in [7, 11) is 0. The molecule has 0 saturated carbocycles. The van der Waals surface area contributed by atoms with Gasteiger partial charge in [-0.15, -0.1) is 0 Å². The number of rotatable bonds is 2. The first-order valence-corrected chi connectivity index (χ1v) is 8.75. The molecule has 0 N–H and O–H groups in total. The number of hydrogen-bond acceptors (Lipinski definition) is 3. The third-order valence-corrected chi connectivity index (χ3v) is 5.37. The van der Waals surface area contributed by atoms with Gasteiger partial charge in [0.2, 0.25) is 0 Å². The normalized spacial score (nSPS) is 13.8. The summed E-state index contributed by atoms with van der Waals surface area (Å²) in [5.41, 5.74) is 6.46. The molecule has 0 fully saturated rings. The predicted molar refractivity (Wildman–Crippen MR) is 97.9 cm³/mol. The lowest BCUT2D eigenvalue weighted by Gasteiger charge is -2.25. The lowest BCUT2D eigenvalue weighted by molar-refractivity contribution is 0.586. The first-order chi connectivity index (χ1) is 10.9. The van der Waals surface area contributed by atoms with Crippen LogP contribution in [0.4, 0.5) is 5.69 Å². The van der Waals surface area contributed by atoms with Crippen molar-refractivity contribution in [1.82, 2.24) is 0 Å². The predicted octanol–water partition coefficient (Wildman–Crippen LogP) is 5.23. The van der Waals surface area contributed by atoms with E-state index in [9.17, 15) is 0 Å². The number of anilines is 1. The molecule has 1 heterocycles. The molecule has 0 unspecified atom stereocenters. The summed E-state index contributed by atoms with van der Waals surface area (Å²) in [6.07, 6.45) is 1.10. The zero-order valence-electron chi connectivity index (χ0n) is 14.2. The Kier molecular flexibility index (Phi) is 4.12. The summed E-state index contributed by atoms with van der Waals surface area (Å²) in [5, 5.41) is 8.91. The highest BCUT2D eigenvalue weighted by Gasteiger charge is 2.25. The van der Waals surface area contributed by atoms with Crippen molar-refractivity contribution in [3.05, 3.63) is 58.7 Å². The lowest BCUT2D eigenvalue weighted by Crippen LogP contribution is -2.15. The molecular weight excluding hydrogens is 300 g/mol. The van der Waals surface area contributed by atoms with Gasteiger partial charge in [0.05, 0.1) is 17.3 Å². The number of aryl methyl sites for hydroxylation is 1. The smallest absolute Gasteiger partial charge is 0.0991 e. The highest BCUT2D eigenvalue weighted by Crippen LogP contribution is 2.40. The molecule has 2 nitrogen and oxygen atoms in total. The van der Waals surface area contributed by atoms with Crippen LogP contribution in [0.2, 0.25) is 0 Å². The standard InChI is InChI=1S/C20H22N2S/c1-14-11-16-9-10-22(19(16)12-18(14)20(2,3)4)23-17-7-5-15(13-21)6-8-17/h5-8,11-12H,9-10H2,1-4H3. The Bertz CT molecular complexity index is 764. The fourth-order valence-electron chi connectivity index (χ4n) is 3.15. The van der Waals surface area contributed by atoms with Crippen molar-refractivity contribution < 1.29 is 0 Å². The van der Waals surface area contributed by atoms with Gasteiger partial charge in [-0.1, -0.05) is 26.8 Å². The Balaban J connectivity index is 1.90. The van der Waals surface area contributed by atoms with Gasteiger partial charge < -0.3 is 4.31 Å². The van der Waals surface area contributed by atoms with E-state index in [4.69, 9.17) is 5.26 Å². The molecule has 3 heteroatoms. The fraction of sp³-hybridized carbons (Fsp3) is 0.350. The lowest BCUT2D eigenvalue weighted by atomic mass is 9.83. The topological polar surface area (TPSA) is 27.0 Å². The number of benzene rings is 2. The third kappa shape index (κ3) is 3.23. The van der Waals surface area contributed by atoms with Crippen molar-refractivity contribution >= 4 is 17.6 Å². The van der Waals surface area contributed by atoms with Gasteiger partial charge in [0, 0.05) is 11.4 Å². The molecule has 118 valence electrons. The minimum absolute atomic E-state index is 0.159. The Morgan fingerprint density at radius 2 is 1.83 bits per heavy atom. The summed E-state index contributed by atoms with van der Waals surface area (Å²) in [4.78, 5) is 1.18. The molecule has 1 aliphatic rings. The van der Waals surface area contributed by atoms with Gasteiger partial charge in [-0.25, -0.2) is 0 Å². The molecule has 0 amide bonds. The molecule has 0 aromatic heterocycles. The maximum atomic E-state index is 8.91. The molecular formula is C20H22N2S. The maximum absolute atomic E-state index is 8.91. The summed E-state index contributed by atoms with van der Waals surface area (Å²) in [6, 6.07) is 14.7. The zero-order valence-corrected chi connectivity index (χ0v) is 15.0. The van der Waals surface area contributed by atoms with Crippen LogP contribution < -0.4 is 4.31 Å². The van der Waals surface area contributed by atoms with Crippen LogP contribution in [0, 0.1) is 18.3 Å². The van der Waals surface area contributed by atoms with Crippen LogP contribution >= 0.6 is 11.9 Å². The van der Waals surface area contributed by atoms with Crippen LogP contribution in [-0.2, 0) is 11.8 Å². The quantitative estimate of drug-likeness (QED) is 0.708. The van der Waals surface area contributed by atoms with Crippen LogP contribution in [0.1, 0.15) is 43.0 Å². The molecule has 0 spiro atoms. The first kappa shape index (κ1) is 16.0. The second kappa shape index (κ2) is 5.94. The van der Waals surface area contributed by atoms with E-state index in [1.54, 1.807) is 11.9 Å². The molecule has 0 bridgehead atoms.